The molecule has 0 amide bonds. The Morgan fingerprint density at radius 2 is 1.79 bits per heavy atom. The molecular weight excluding hydrogens is 598 g/mol. The van der Waals surface area contributed by atoms with E-state index in [1.807, 2.05) is 63.2 Å². The van der Waals surface area contributed by atoms with Gasteiger partial charge >= 0.3 is 0 Å². The summed E-state index contributed by atoms with van der Waals surface area (Å²) in [6.07, 6.45) is 2.55. The molecule has 2 heterocycles. The summed E-state index contributed by atoms with van der Waals surface area (Å²) >= 11 is 3.46. The molecule has 42 heavy (non-hydrogen) atoms. The standard InChI is InChI=1S/C32H30BrN5O4/c1-5-20(2)31-35-30-15-8-25(33)17-29(30)32(39)37(31)34-18-24-16-21(3)36(22(24)4)26-11-13-28(14-12-26)42-19-23-6-9-27(10-7-23)38(40)41/h6-18,20H,5,19H2,1-4H3/t20-/m0/s1. The quantitative estimate of drug-likeness (QED) is 0.0958. The lowest BCUT2D eigenvalue weighted by Gasteiger charge is -2.14. The van der Waals surface area contributed by atoms with Gasteiger partial charge in [0.25, 0.3) is 11.2 Å². The van der Waals surface area contributed by atoms with Crippen molar-refractivity contribution in [3.63, 3.8) is 0 Å². The molecule has 5 aromatic rings. The number of rotatable bonds is 9. The average molecular weight is 629 g/mol. The van der Waals surface area contributed by atoms with Crippen LogP contribution in [0.1, 0.15) is 54.5 Å². The number of non-ortho nitro benzene ring substituents is 1. The highest BCUT2D eigenvalue weighted by molar-refractivity contribution is 9.10. The number of ether oxygens (including phenoxy) is 1. The number of aryl methyl sites for hydroxylation is 1. The molecule has 0 unspecified atom stereocenters. The molecule has 5 rings (SSSR count). The molecule has 0 N–H and O–H groups in total. The number of fused-ring (bicyclic) bond motifs is 1. The van der Waals surface area contributed by atoms with Crippen molar-refractivity contribution < 1.29 is 9.66 Å². The van der Waals surface area contributed by atoms with Crippen LogP contribution >= 0.6 is 15.9 Å². The third-order valence-corrected chi connectivity index (χ3v) is 7.81. The number of benzene rings is 3. The van der Waals surface area contributed by atoms with Crippen LogP contribution in [0.5, 0.6) is 5.75 Å². The van der Waals surface area contributed by atoms with E-state index in [4.69, 9.17) is 9.72 Å². The molecule has 3 aromatic carbocycles. The zero-order valence-electron chi connectivity index (χ0n) is 23.7. The maximum absolute atomic E-state index is 13.5. The van der Waals surface area contributed by atoms with Crippen molar-refractivity contribution in [3.8, 4) is 11.4 Å². The van der Waals surface area contributed by atoms with Crippen molar-refractivity contribution in [1.82, 2.24) is 14.2 Å². The zero-order valence-corrected chi connectivity index (χ0v) is 25.3. The molecule has 1 atom stereocenters. The molecule has 0 bridgehead atoms. The van der Waals surface area contributed by atoms with E-state index in [2.05, 4.69) is 32.5 Å². The molecule has 0 radical (unpaired) electrons. The van der Waals surface area contributed by atoms with Gasteiger partial charge < -0.3 is 9.30 Å². The third-order valence-electron chi connectivity index (χ3n) is 7.32. The summed E-state index contributed by atoms with van der Waals surface area (Å²) in [5, 5.41) is 16.0. The second-order valence-electron chi connectivity index (χ2n) is 10.2. The summed E-state index contributed by atoms with van der Waals surface area (Å²) in [5.74, 6) is 1.37. The SMILES string of the molecule is CC[C@H](C)c1nc2ccc(Br)cc2c(=O)n1N=Cc1cc(C)n(-c2ccc(OCc3ccc([N+](=O)[O-])cc3)cc2)c1C. The van der Waals surface area contributed by atoms with Gasteiger partial charge in [0.15, 0.2) is 0 Å². The molecule has 0 aliphatic heterocycles. The lowest BCUT2D eigenvalue weighted by Crippen LogP contribution is -2.23. The van der Waals surface area contributed by atoms with Gasteiger partial charge in [-0.15, -0.1) is 0 Å². The van der Waals surface area contributed by atoms with E-state index in [0.29, 0.717) is 29.1 Å². The summed E-state index contributed by atoms with van der Waals surface area (Å²) < 4.78 is 10.2. The van der Waals surface area contributed by atoms with Crippen molar-refractivity contribution in [3.05, 3.63) is 126 Å². The van der Waals surface area contributed by atoms with Crippen LogP contribution in [-0.4, -0.2) is 25.4 Å². The Morgan fingerprint density at radius 1 is 1.07 bits per heavy atom. The molecule has 9 nitrogen and oxygen atoms in total. The second kappa shape index (κ2) is 12.1. The van der Waals surface area contributed by atoms with E-state index in [1.165, 1.54) is 16.8 Å². The first-order chi connectivity index (χ1) is 20.2. The second-order valence-corrected chi connectivity index (χ2v) is 11.1. The summed E-state index contributed by atoms with van der Waals surface area (Å²) in [4.78, 5) is 28.7. The Morgan fingerprint density at radius 3 is 2.45 bits per heavy atom. The maximum atomic E-state index is 13.5. The molecule has 0 saturated carbocycles. The first-order valence-corrected chi connectivity index (χ1v) is 14.4. The highest BCUT2D eigenvalue weighted by atomic mass is 79.9. The van der Waals surface area contributed by atoms with Crippen LogP contribution in [0.15, 0.2) is 87.2 Å². The van der Waals surface area contributed by atoms with Crippen molar-refractivity contribution >= 4 is 38.7 Å². The van der Waals surface area contributed by atoms with Gasteiger partial charge in [0.2, 0.25) is 0 Å². The number of nitro benzene ring substituents is 1. The number of nitro groups is 1. The topological polar surface area (TPSA) is 105 Å². The Kier molecular flexibility index (Phi) is 8.35. The van der Waals surface area contributed by atoms with Crippen LogP contribution in [0, 0.1) is 24.0 Å². The molecule has 2 aromatic heterocycles. The lowest BCUT2D eigenvalue weighted by molar-refractivity contribution is -0.384. The van der Waals surface area contributed by atoms with Gasteiger partial charge in [0.1, 0.15) is 18.2 Å². The molecule has 0 aliphatic rings. The van der Waals surface area contributed by atoms with E-state index in [-0.39, 0.29) is 17.2 Å². The predicted octanol–water partition coefficient (Wildman–Crippen LogP) is 7.45. The Labute approximate surface area is 251 Å². The molecular formula is C32H30BrN5O4. The van der Waals surface area contributed by atoms with Crippen LogP contribution in [0.3, 0.4) is 0 Å². The van der Waals surface area contributed by atoms with Crippen molar-refractivity contribution in [2.24, 2.45) is 5.10 Å². The predicted molar refractivity (Wildman–Crippen MR) is 168 cm³/mol. The molecule has 0 saturated heterocycles. The summed E-state index contributed by atoms with van der Waals surface area (Å²) in [6, 6.07) is 21.6. The largest absolute Gasteiger partial charge is 0.489 e. The van der Waals surface area contributed by atoms with E-state index in [1.54, 1.807) is 24.4 Å². The fourth-order valence-corrected chi connectivity index (χ4v) is 5.15. The van der Waals surface area contributed by atoms with Gasteiger partial charge in [-0.1, -0.05) is 29.8 Å². The average Bonchev–Trinajstić information content (AvgIpc) is 3.28. The summed E-state index contributed by atoms with van der Waals surface area (Å²) in [5.41, 5.74) is 5.19. The lowest BCUT2D eigenvalue weighted by atomic mass is 10.1. The number of nitrogens with zero attached hydrogens (tertiary/aromatic N) is 5. The van der Waals surface area contributed by atoms with Gasteiger partial charge in [-0.25, -0.2) is 4.98 Å². The number of hydrogen-bond acceptors (Lipinski definition) is 6. The van der Waals surface area contributed by atoms with E-state index in [9.17, 15) is 14.9 Å². The van der Waals surface area contributed by atoms with Crippen LogP contribution in [0.4, 0.5) is 5.69 Å². The summed E-state index contributed by atoms with van der Waals surface area (Å²) in [6.45, 7) is 8.45. The zero-order chi connectivity index (χ0) is 30.0. The van der Waals surface area contributed by atoms with E-state index in [0.717, 1.165) is 39.1 Å². The van der Waals surface area contributed by atoms with E-state index >= 15 is 0 Å². The molecule has 0 spiro atoms. The monoisotopic (exact) mass is 627 g/mol. The molecule has 0 aliphatic carbocycles. The fourth-order valence-electron chi connectivity index (χ4n) is 4.79. The third kappa shape index (κ3) is 5.89. The Bertz CT molecular complexity index is 1860. The van der Waals surface area contributed by atoms with Crippen LogP contribution in [0.25, 0.3) is 16.6 Å². The van der Waals surface area contributed by atoms with Crippen molar-refractivity contribution in [1.29, 1.82) is 0 Å². The van der Waals surface area contributed by atoms with Gasteiger partial charge in [0, 0.05) is 45.2 Å². The first kappa shape index (κ1) is 28.9. The molecule has 0 fully saturated rings. The van der Waals surface area contributed by atoms with Gasteiger partial charge in [-0.2, -0.15) is 9.78 Å². The molecule has 214 valence electrons. The Balaban J connectivity index is 1.39. The first-order valence-electron chi connectivity index (χ1n) is 13.6. The minimum atomic E-state index is -0.421. The minimum Gasteiger partial charge on any atom is -0.489 e. The van der Waals surface area contributed by atoms with Crippen LogP contribution in [-0.2, 0) is 6.61 Å². The maximum Gasteiger partial charge on any atom is 0.282 e. The van der Waals surface area contributed by atoms with Gasteiger partial charge in [-0.05, 0) is 86.5 Å². The molecule has 10 heteroatoms. The Hall–Kier alpha value is -4.57. The highest BCUT2D eigenvalue weighted by Crippen LogP contribution is 2.24. The fraction of sp³-hybridized carbons (Fsp3) is 0.219. The van der Waals surface area contributed by atoms with Gasteiger partial charge in [-0.3, -0.25) is 14.9 Å². The minimum absolute atomic E-state index is 0.0511. The number of aromatic nitrogens is 3. The number of halogens is 1. The van der Waals surface area contributed by atoms with Crippen molar-refractivity contribution in [2.45, 2.75) is 46.6 Å². The van der Waals surface area contributed by atoms with Crippen LogP contribution < -0.4 is 10.3 Å². The van der Waals surface area contributed by atoms with E-state index < -0.39 is 4.92 Å². The summed E-state index contributed by atoms with van der Waals surface area (Å²) in [7, 11) is 0. The smallest absolute Gasteiger partial charge is 0.282 e. The van der Waals surface area contributed by atoms with Crippen molar-refractivity contribution in [2.75, 3.05) is 0 Å². The highest BCUT2D eigenvalue weighted by Gasteiger charge is 2.16. The van der Waals surface area contributed by atoms with Gasteiger partial charge in [0.05, 0.1) is 22.0 Å². The number of hydrogen-bond donors (Lipinski definition) is 0. The van der Waals surface area contributed by atoms with Crippen LogP contribution in [0.2, 0.25) is 0 Å². The normalized spacial score (nSPS) is 12.2.